The number of carbonyl (C=O) groups excluding carboxylic acids is 1. The third-order valence-electron chi connectivity index (χ3n) is 4.29. The van der Waals surface area contributed by atoms with Crippen molar-refractivity contribution < 1.29 is 17.6 Å². The lowest BCUT2D eigenvalue weighted by molar-refractivity contribution is 0.102. The fourth-order valence-corrected chi connectivity index (χ4v) is 5.08. The number of amides is 1. The van der Waals surface area contributed by atoms with Crippen LogP contribution in [-0.2, 0) is 23.0 Å². The van der Waals surface area contributed by atoms with Crippen LogP contribution in [0, 0.1) is 0 Å². The van der Waals surface area contributed by atoms with Crippen LogP contribution in [0.4, 0.5) is 5.13 Å². The van der Waals surface area contributed by atoms with Crippen molar-refractivity contribution in [3.63, 3.8) is 0 Å². The molecular formula is C19H17N3O4S2. The van der Waals surface area contributed by atoms with Gasteiger partial charge in [-0.1, -0.05) is 30.3 Å². The Labute approximate surface area is 166 Å². The van der Waals surface area contributed by atoms with Crippen LogP contribution in [0.5, 0.6) is 0 Å². The van der Waals surface area contributed by atoms with Gasteiger partial charge in [0.1, 0.15) is 6.26 Å². The highest BCUT2D eigenvalue weighted by Gasteiger charge is 2.28. The highest BCUT2D eigenvalue weighted by atomic mass is 32.2. The minimum atomic E-state index is -3.54. The lowest BCUT2D eigenvalue weighted by atomic mass is 10.2. The lowest BCUT2D eigenvalue weighted by Gasteiger charge is -2.23. The van der Waals surface area contributed by atoms with E-state index >= 15 is 0 Å². The first-order valence-corrected chi connectivity index (χ1v) is 10.9. The van der Waals surface area contributed by atoms with E-state index in [2.05, 4.69) is 10.3 Å². The minimum Gasteiger partial charge on any atom is -0.472 e. The zero-order valence-corrected chi connectivity index (χ0v) is 16.4. The first-order chi connectivity index (χ1) is 13.5. The number of hydrogen-bond donors (Lipinski definition) is 1. The zero-order valence-electron chi connectivity index (χ0n) is 14.7. The molecule has 7 nitrogen and oxygen atoms in total. The summed E-state index contributed by atoms with van der Waals surface area (Å²) < 4.78 is 31.6. The molecule has 1 N–H and O–H groups in total. The molecule has 4 rings (SSSR count). The number of aromatic nitrogens is 1. The Morgan fingerprint density at radius 1 is 1.25 bits per heavy atom. The summed E-state index contributed by atoms with van der Waals surface area (Å²) in [5.41, 5.74) is 2.06. The third kappa shape index (κ3) is 4.06. The number of hydrogen-bond acceptors (Lipinski definition) is 6. The fraction of sp³-hybridized carbons (Fsp3) is 0.158. The van der Waals surface area contributed by atoms with Gasteiger partial charge in [-0.05, 0) is 17.7 Å². The molecule has 28 heavy (non-hydrogen) atoms. The topological polar surface area (TPSA) is 92.5 Å². The van der Waals surface area contributed by atoms with Crippen molar-refractivity contribution in [2.45, 2.75) is 13.0 Å². The molecule has 0 atom stereocenters. The third-order valence-corrected chi connectivity index (χ3v) is 6.80. The average Bonchev–Trinajstić information content (AvgIpc) is 3.36. The van der Waals surface area contributed by atoms with Gasteiger partial charge in [-0.3, -0.25) is 10.1 Å². The molecule has 3 aromatic rings. The van der Waals surface area contributed by atoms with Gasteiger partial charge in [-0.2, -0.15) is 4.31 Å². The Morgan fingerprint density at radius 2 is 2.07 bits per heavy atom. The number of nitrogens with one attached hydrogen (secondary N) is 1. The molecule has 0 radical (unpaired) electrons. The second-order valence-electron chi connectivity index (χ2n) is 6.20. The molecule has 2 aromatic heterocycles. The number of thiazole rings is 1. The van der Waals surface area contributed by atoms with Crippen LogP contribution >= 0.6 is 11.3 Å². The molecule has 0 fully saturated rings. The minimum absolute atomic E-state index is 0.246. The van der Waals surface area contributed by atoms with Crippen molar-refractivity contribution >= 4 is 38.5 Å². The van der Waals surface area contributed by atoms with Gasteiger partial charge in [-0.25, -0.2) is 13.4 Å². The predicted molar refractivity (Wildman–Crippen MR) is 107 cm³/mol. The molecule has 0 saturated carbocycles. The van der Waals surface area contributed by atoms with Crippen molar-refractivity contribution in [2.24, 2.45) is 0 Å². The van der Waals surface area contributed by atoms with E-state index in [1.165, 1.54) is 33.6 Å². The Bertz CT molecular complexity index is 1100. The lowest BCUT2D eigenvalue weighted by Crippen LogP contribution is -2.34. The number of benzene rings is 1. The Balaban J connectivity index is 1.46. The molecule has 0 unspecified atom stereocenters. The van der Waals surface area contributed by atoms with Gasteiger partial charge in [-0.15, -0.1) is 11.3 Å². The number of nitrogens with zero attached hydrogens (tertiary/aromatic N) is 2. The van der Waals surface area contributed by atoms with Gasteiger partial charge in [0.05, 0.1) is 24.1 Å². The number of fused-ring (bicyclic) bond motifs is 1. The SMILES string of the molecule is O=C(Nc1nc2c(s1)CN(S(=O)(=O)/C=C/c1ccccc1)CC2)c1ccoc1. The smallest absolute Gasteiger partial charge is 0.260 e. The molecule has 0 saturated heterocycles. The number of carbonyl (C=O) groups is 1. The maximum atomic E-state index is 12.7. The normalized spacial score (nSPS) is 14.9. The molecule has 144 valence electrons. The van der Waals surface area contributed by atoms with Gasteiger partial charge in [0.25, 0.3) is 5.91 Å². The number of sulfonamides is 1. The van der Waals surface area contributed by atoms with Crippen molar-refractivity contribution in [3.8, 4) is 0 Å². The van der Waals surface area contributed by atoms with Gasteiger partial charge in [0.2, 0.25) is 10.0 Å². The quantitative estimate of drug-likeness (QED) is 0.690. The van der Waals surface area contributed by atoms with Crippen molar-refractivity contribution in [1.29, 1.82) is 0 Å². The number of anilines is 1. The molecule has 1 aliphatic heterocycles. The summed E-state index contributed by atoms with van der Waals surface area (Å²) in [4.78, 5) is 17.4. The van der Waals surface area contributed by atoms with Gasteiger partial charge in [0, 0.05) is 23.3 Å². The monoisotopic (exact) mass is 415 g/mol. The average molecular weight is 415 g/mol. The van der Waals surface area contributed by atoms with Crippen molar-refractivity contribution in [2.75, 3.05) is 11.9 Å². The standard InChI is InChI=1S/C19H17N3O4S2/c23-18(15-7-10-26-13-15)21-19-20-16-6-9-22(12-17(16)27-19)28(24,25)11-8-14-4-2-1-3-5-14/h1-5,7-8,10-11,13H,6,9,12H2,(H,20,21,23)/b11-8+. The van der Waals surface area contributed by atoms with E-state index < -0.39 is 10.0 Å². The molecule has 1 aliphatic rings. The Hall–Kier alpha value is -2.75. The van der Waals surface area contributed by atoms with Gasteiger partial charge < -0.3 is 4.42 Å². The molecule has 3 heterocycles. The van der Waals surface area contributed by atoms with Crippen LogP contribution in [0.25, 0.3) is 6.08 Å². The summed E-state index contributed by atoms with van der Waals surface area (Å²) in [6, 6.07) is 10.9. The summed E-state index contributed by atoms with van der Waals surface area (Å²) in [5, 5.41) is 4.41. The summed E-state index contributed by atoms with van der Waals surface area (Å²) in [6.45, 7) is 0.601. The van der Waals surface area contributed by atoms with Crippen LogP contribution in [0.15, 0.2) is 58.7 Å². The largest absolute Gasteiger partial charge is 0.472 e. The van der Waals surface area contributed by atoms with E-state index in [1.54, 1.807) is 12.1 Å². The molecule has 1 aromatic carbocycles. The van der Waals surface area contributed by atoms with Crippen molar-refractivity contribution in [1.82, 2.24) is 9.29 Å². The first-order valence-electron chi connectivity index (χ1n) is 8.57. The van der Waals surface area contributed by atoms with Crippen LogP contribution in [-0.4, -0.2) is 30.2 Å². The summed E-state index contributed by atoms with van der Waals surface area (Å²) >= 11 is 1.29. The van der Waals surface area contributed by atoms with E-state index in [-0.39, 0.29) is 12.5 Å². The van der Waals surface area contributed by atoms with E-state index in [4.69, 9.17) is 4.42 Å². The first kappa shape index (κ1) is 18.6. The Morgan fingerprint density at radius 3 is 2.82 bits per heavy atom. The highest BCUT2D eigenvalue weighted by molar-refractivity contribution is 7.92. The molecular weight excluding hydrogens is 398 g/mol. The van der Waals surface area contributed by atoms with Crippen LogP contribution in [0.2, 0.25) is 0 Å². The fourth-order valence-electron chi connectivity index (χ4n) is 2.82. The number of rotatable bonds is 5. The second kappa shape index (κ2) is 7.70. The second-order valence-corrected chi connectivity index (χ2v) is 9.10. The molecule has 1 amide bonds. The highest BCUT2D eigenvalue weighted by Crippen LogP contribution is 2.30. The zero-order chi connectivity index (χ0) is 19.6. The summed E-state index contributed by atoms with van der Waals surface area (Å²) in [6.07, 6.45) is 4.88. The maximum Gasteiger partial charge on any atom is 0.260 e. The van der Waals surface area contributed by atoms with Gasteiger partial charge in [0.15, 0.2) is 5.13 Å². The molecule has 9 heteroatoms. The molecule has 0 bridgehead atoms. The summed E-state index contributed by atoms with van der Waals surface area (Å²) in [5.74, 6) is -0.310. The van der Waals surface area contributed by atoms with Crippen LogP contribution in [0.1, 0.15) is 26.5 Å². The van der Waals surface area contributed by atoms with E-state index in [9.17, 15) is 13.2 Å². The maximum absolute atomic E-state index is 12.7. The van der Waals surface area contributed by atoms with Crippen LogP contribution in [0.3, 0.4) is 0 Å². The molecule has 0 aliphatic carbocycles. The Kier molecular flexibility index (Phi) is 5.12. The van der Waals surface area contributed by atoms with E-state index in [0.717, 1.165) is 16.1 Å². The van der Waals surface area contributed by atoms with Crippen LogP contribution < -0.4 is 5.32 Å². The predicted octanol–water partition coefficient (Wildman–Crippen LogP) is 3.35. The van der Waals surface area contributed by atoms with E-state index in [1.807, 2.05) is 30.3 Å². The van der Waals surface area contributed by atoms with Gasteiger partial charge >= 0.3 is 0 Å². The van der Waals surface area contributed by atoms with Crippen molar-refractivity contribution in [3.05, 3.63) is 76.0 Å². The number of furan rings is 1. The summed E-state index contributed by atoms with van der Waals surface area (Å²) in [7, 11) is -3.54. The van der Waals surface area contributed by atoms with E-state index in [0.29, 0.717) is 23.7 Å². The molecule has 0 spiro atoms.